The summed E-state index contributed by atoms with van der Waals surface area (Å²) in [7, 11) is -2.05. The van der Waals surface area contributed by atoms with Crippen molar-refractivity contribution in [2.45, 2.75) is 19.8 Å². The number of nitrogens with zero attached hydrogens (tertiary/aromatic N) is 1. The molecule has 1 aromatic rings. The minimum atomic E-state index is -3.57. The number of ether oxygens (including phenoxy) is 1. The lowest BCUT2D eigenvalue weighted by Crippen LogP contribution is -2.42. The Hall–Kier alpha value is -0.980. The Bertz CT molecular complexity index is 577. The zero-order chi connectivity index (χ0) is 14.8. The van der Waals surface area contributed by atoms with Crippen molar-refractivity contribution in [2.75, 3.05) is 24.9 Å². The summed E-state index contributed by atoms with van der Waals surface area (Å²) >= 11 is 6.03. The summed E-state index contributed by atoms with van der Waals surface area (Å²) in [4.78, 5) is 0. The first-order valence-corrected chi connectivity index (χ1v) is 8.35. The third-order valence-corrected chi connectivity index (χ3v) is 5.19. The van der Waals surface area contributed by atoms with Crippen LogP contribution >= 0.6 is 11.6 Å². The zero-order valence-electron chi connectivity index (χ0n) is 11.6. The van der Waals surface area contributed by atoms with Crippen molar-refractivity contribution >= 4 is 27.5 Å². The molecule has 1 aromatic carbocycles. The summed E-state index contributed by atoms with van der Waals surface area (Å²) in [5.74, 6) is 0.931. The van der Waals surface area contributed by atoms with E-state index < -0.39 is 10.2 Å². The normalized spacial score (nSPS) is 20.6. The lowest BCUT2D eigenvalue weighted by Gasteiger charge is -2.30. The van der Waals surface area contributed by atoms with Crippen LogP contribution in [-0.4, -0.2) is 32.9 Å². The quantitative estimate of drug-likeness (QED) is 0.928. The standard InChI is InChI=1S/C13H19ClN2O3S/c1-10-4-3-7-16(9-10)20(17,18)15-13-8-11(19-2)5-6-12(13)14/h5-6,8,10,15H,3-4,7,9H2,1-2H3/t10-/m0/s1. The molecule has 7 heteroatoms. The summed E-state index contributed by atoms with van der Waals surface area (Å²) in [5.41, 5.74) is 0.337. The van der Waals surface area contributed by atoms with Gasteiger partial charge in [-0.15, -0.1) is 0 Å². The maximum absolute atomic E-state index is 12.4. The second kappa shape index (κ2) is 6.20. The lowest BCUT2D eigenvalue weighted by molar-refractivity contribution is 0.282. The van der Waals surface area contributed by atoms with Crippen LogP contribution < -0.4 is 9.46 Å². The van der Waals surface area contributed by atoms with Crippen LogP contribution in [-0.2, 0) is 10.2 Å². The molecule has 0 unspecified atom stereocenters. The van der Waals surface area contributed by atoms with E-state index in [2.05, 4.69) is 11.6 Å². The van der Waals surface area contributed by atoms with Gasteiger partial charge in [-0.05, 0) is 30.9 Å². The zero-order valence-corrected chi connectivity index (χ0v) is 13.2. The van der Waals surface area contributed by atoms with Gasteiger partial charge in [0.1, 0.15) is 5.75 Å². The number of piperidine rings is 1. The monoisotopic (exact) mass is 318 g/mol. The van der Waals surface area contributed by atoms with Crippen LogP contribution in [0.3, 0.4) is 0 Å². The number of halogens is 1. The van der Waals surface area contributed by atoms with Gasteiger partial charge in [0.15, 0.2) is 0 Å². The highest BCUT2D eigenvalue weighted by molar-refractivity contribution is 7.90. The highest BCUT2D eigenvalue weighted by Crippen LogP contribution is 2.29. The summed E-state index contributed by atoms with van der Waals surface area (Å²) in [5, 5.41) is 0.347. The molecule has 0 aromatic heterocycles. The molecule has 0 amide bonds. The summed E-state index contributed by atoms with van der Waals surface area (Å²) in [6.07, 6.45) is 1.94. The third-order valence-electron chi connectivity index (χ3n) is 3.37. The van der Waals surface area contributed by atoms with Crippen molar-refractivity contribution in [3.8, 4) is 5.75 Å². The van der Waals surface area contributed by atoms with Gasteiger partial charge in [-0.1, -0.05) is 18.5 Å². The molecule has 112 valence electrons. The van der Waals surface area contributed by atoms with E-state index in [0.29, 0.717) is 35.5 Å². The van der Waals surface area contributed by atoms with Gasteiger partial charge in [-0.25, -0.2) is 0 Å². The van der Waals surface area contributed by atoms with E-state index in [1.165, 1.54) is 11.4 Å². The predicted molar refractivity (Wildman–Crippen MR) is 80.5 cm³/mol. The number of rotatable bonds is 4. The van der Waals surface area contributed by atoms with Crippen molar-refractivity contribution in [2.24, 2.45) is 5.92 Å². The van der Waals surface area contributed by atoms with Crippen LogP contribution in [0.1, 0.15) is 19.8 Å². The minimum absolute atomic E-state index is 0.337. The van der Waals surface area contributed by atoms with Gasteiger partial charge in [0.25, 0.3) is 0 Å². The SMILES string of the molecule is COc1ccc(Cl)c(NS(=O)(=O)N2CCC[C@H](C)C2)c1. The van der Waals surface area contributed by atoms with Crippen LogP contribution in [0.4, 0.5) is 5.69 Å². The average molecular weight is 319 g/mol. The Morgan fingerprint density at radius 1 is 1.45 bits per heavy atom. The number of benzene rings is 1. The van der Waals surface area contributed by atoms with Crippen LogP contribution in [0.2, 0.25) is 5.02 Å². The Kier molecular flexibility index (Phi) is 4.78. The maximum atomic E-state index is 12.4. The van der Waals surface area contributed by atoms with Gasteiger partial charge < -0.3 is 4.74 Å². The minimum Gasteiger partial charge on any atom is -0.497 e. The summed E-state index contributed by atoms with van der Waals surface area (Å²) in [6, 6.07) is 4.87. The molecule has 1 aliphatic rings. The Morgan fingerprint density at radius 2 is 2.20 bits per heavy atom. The molecular formula is C13H19ClN2O3S. The summed E-state index contributed by atoms with van der Waals surface area (Å²) < 4.78 is 33.8. The fourth-order valence-corrected chi connectivity index (χ4v) is 3.89. The molecule has 2 rings (SSSR count). The highest BCUT2D eigenvalue weighted by Gasteiger charge is 2.27. The first-order chi connectivity index (χ1) is 9.42. The molecular weight excluding hydrogens is 300 g/mol. The number of nitrogens with one attached hydrogen (secondary N) is 1. The molecule has 1 fully saturated rings. The fraction of sp³-hybridized carbons (Fsp3) is 0.538. The first kappa shape index (κ1) is 15.4. The number of methoxy groups -OCH3 is 1. The molecule has 1 aliphatic heterocycles. The van der Waals surface area contributed by atoms with E-state index in [0.717, 1.165) is 12.8 Å². The van der Waals surface area contributed by atoms with E-state index >= 15 is 0 Å². The predicted octanol–water partition coefficient (Wildman–Crippen LogP) is 2.74. The third kappa shape index (κ3) is 3.56. The Labute approximate surface area is 125 Å². The first-order valence-electron chi connectivity index (χ1n) is 6.54. The van der Waals surface area contributed by atoms with Crippen LogP contribution in [0, 0.1) is 5.92 Å². The molecule has 5 nitrogen and oxygen atoms in total. The molecule has 0 radical (unpaired) electrons. The molecule has 0 bridgehead atoms. The van der Waals surface area contributed by atoms with Gasteiger partial charge in [0.2, 0.25) is 0 Å². The van der Waals surface area contributed by atoms with Gasteiger partial charge in [-0.2, -0.15) is 12.7 Å². The van der Waals surface area contributed by atoms with Crippen LogP contribution in [0.5, 0.6) is 5.75 Å². The average Bonchev–Trinajstić information content (AvgIpc) is 2.41. The van der Waals surface area contributed by atoms with Crippen molar-refractivity contribution in [1.82, 2.24) is 4.31 Å². The van der Waals surface area contributed by atoms with Crippen molar-refractivity contribution in [3.05, 3.63) is 23.2 Å². The molecule has 1 N–H and O–H groups in total. The van der Waals surface area contributed by atoms with Crippen LogP contribution in [0.25, 0.3) is 0 Å². The van der Waals surface area contributed by atoms with Crippen molar-refractivity contribution < 1.29 is 13.2 Å². The van der Waals surface area contributed by atoms with Crippen molar-refractivity contribution in [1.29, 1.82) is 0 Å². The molecule has 0 aliphatic carbocycles. The molecule has 1 saturated heterocycles. The van der Waals surface area contributed by atoms with Gasteiger partial charge in [-0.3, -0.25) is 4.72 Å². The number of hydrogen-bond acceptors (Lipinski definition) is 3. The molecule has 1 atom stereocenters. The molecule has 20 heavy (non-hydrogen) atoms. The van der Waals surface area contributed by atoms with E-state index in [9.17, 15) is 8.42 Å². The largest absolute Gasteiger partial charge is 0.497 e. The smallest absolute Gasteiger partial charge is 0.301 e. The summed E-state index contributed by atoms with van der Waals surface area (Å²) in [6.45, 7) is 3.14. The topological polar surface area (TPSA) is 58.6 Å². The second-order valence-electron chi connectivity index (χ2n) is 5.06. The van der Waals surface area contributed by atoms with E-state index in [4.69, 9.17) is 16.3 Å². The van der Waals surface area contributed by atoms with Gasteiger partial charge in [0, 0.05) is 19.2 Å². The maximum Gasteiger partial charge on any atom is 0.301 e. The number of hydrogen-bond donors (Lipinski definition) is 1. The van der Waals surface area contributed by atoms with E-state index in [-0.39, 0.29) is 0 Å². The molecule has 0 spiro atoms. The highest BCUT2D eigenvalue weighted by atomic mass is 35.5. The number of anilines is 1. The lowest BCUT2D eigenvalue weighted by atomic mass is 10.0. The fourth-order valence-electron chi connectivity index (χ4n) is 2.28. The van der Waals surface area contributed by atoms with Gasteiger partial charge >= 0.3 is 10.2 Å². The van der Waals surface area contributed by atoms with Gasteiger partial charge in [0.05, 0.1) is 17.8 Å². The van der Waals surface area contributed by atoms with Crippen molar-refractivity contribution in [3.63, 3.8) is 0 Å². The van der Waals surface area contributed by atoms with E-state index in [1.54, 1.807) is 18.2 Å². The van der Waals surface area contributed by atoms with E-state index in [1.807, 2.05) is 0 Å². The van der Waals surface area contributed by atoms with Crippen LogP contribution in [0.15, 0.2) is 18.2 Å². The molecule has 1 heterocycles. The Balaban J connectivity index is 2.19. The Morgan fingerprint density at radius 3 is 2.85 bits per heavy atom. The second-order valence-corrected chi connectivity index (χ2v) is 7.14. The molecule has 0 saturated carbocycles.